The van der Waals surface area contributed by atoms with Gasteiger partial charge in [0.2, 0.25) is 0 Å². The first-order valence-corrected chi connectivity index (χ1v) is 5.62. The summed E-state index contributed by atoms with van der Waals surface area (Å²) in [5.74, 6) is -0.376. The molecule has 84 valence electrons. The summed E-state index contributed by atoms with van der Waals surface area (Å²) >= 11 is 3.35. The van der Waals surface area contributed by atoms with Gasteiger partial charge in [-0.15, -0.1) is 0 Å². The van der Waals surface area contributed by atoms with E-state index in [0.717, 1.165) is 10.0 Å². The second-order valence-electron chi connectivity index (χ2n) is 3.36. The van der Waals surface area contributed by atoms with Gasteiger partial charge in [0.1, 0.15) is 6.61 Å². The number of hydrogen-bond acceptors (Lipinski definition) is 2. The maximum Gasteiger partial charge on any atom is 0.333 e. The average molecular weight is 281 g/mol. The van der Waals surface area contributed by atoms with Crippen molar-refractivity contribution in [3.8, 4) is 0 Å². The molecule has 0 aliphatic carbocycles. The molecule has 0 fully saturated rings. The summed E-state index contributed by atoms with van der Waals surface area (Å²) in [5.41, 5.74) is 1.46. The average Bonchev–Trinajstić information content (AvgIpc) is 2.27. The molecule has 0 saturated heterocycles. The van der Waals surface area contributed by atoms with E-state index in [-0.39, 0.29) is 12.6 Å². The van der Waals surface area contributed by atoms with E-state index in [4.69, 9.17) is 4.74 Å². The third kappa shape index (κ3) is 4.45. The molecule has 0 atom stereocenters. The second-order valence-corrected chi connectivity index (χ2v) is 4.38. The van der Waals surface area contributed by atoms with Crippen LogP contribution in [0.3, 0.4) is 0 Å². The number of benzene rings is 1. The lowest BCUT2D eigenvalue weighted by atomic mass is 10.2. The molecule has 0 aliphatic rings. The number of carbonyl (C=O) groups excluding carboxylic acids is 1. The molecule has 0 amide bonds. The van der Waals surface area contributed by atoms with Gasteiger partial charge in [0.15, 0.2) is 0 Å². The van der Waals surface area contributed by atoms with Crippen LogP contribution in [-0.2, 0) is 9.53 Å². The van der Waals surface area contributed by atoms with Gasteiger partial charge in [0, 0.05) is 10.1 Å². The molecule has 2 nitrogen and oxygen atoms in total. The summed E-state index contributed by atoms with van der Waals surface area (Å²) in [7, 11) is 0. The standard InChI is InChI=1S/C13H13BrO2/c1-10(2)13(15)16-9-12(14)8-11-6-4-3-5-7-11/h3-8H,1,9H2,2H3/b12-8-. The fraction of sp³-hybridized carbons (Fsp3) is 0.154. The van der Waals surface area contributed by atoms with Crippen molar-refractivity contribution < 1.29 is 9.53 Å². The predicted molar refractivity (Wildman–Crippen MR) is 69.1 cm³/mol. The van der Waals surface area contributed by atoms with Crippen LogP contribution in [0.5, 0.6) is 0 Å². The van der Waals surface area contributed by atoms with Crippen LogP contribution in [0.4, 0.5) is 0 Å². The Morgan fingerprint density at radius 3 is 2.62 bits per heavy atom. The summed E-state index contributed by atoms with van der Waals surface area (Å²) in [4.78, 5) is 11.1. The fourth-order valence-electron chi connectivity index (χ4n) is 1.03. The number of carbonyl (C=O) groups is 1. The van der Waals surface area contributed by atoms with Gasteiger partial charge in [-0.1, -0.05) is 52.8 Å². The van der Waals surface area contributed by atoms with Crippen LogP contribution in [-0.4, -0.2) is 12.6 Å². The van der Waals surface area contributed by atoms with Gasteiger partial charge in [-0.3, -0.25) is 0 Å². The first-order chi connectivity index (χ1) is 7.59. The first-order valence-electron chi connectivity index (χ1n) is 4.83. The molecule has 1 aromatic rings. The summed E-state index contributed by atoms with van der Waals surface area (Å²) in [6.45, 7) is 5.35. The zero-order valence-corrected chi connectivity index (χ0v) is 10.7. The molecule has 0 unspecified atom stereocenters. The lowest BCUT2D eigenvalue weighted by Gasteiger charge is -2.03. The Morgan fingerprint density at radius 2 is 2.06 bits per heavy atom. The zero-order valence-electron chi connectivity index (χ0n) is 9.07. The topological polar surface area (TPSA) is 26.3 Å². The van der Waals surface area contributed by atoms with Gasteiger partial charge in [0.05, 0.1) is 0 Å². The number of ether oxygens (including phenoxy) is 1. The molecule has 0 saturated carbocycles. The van der Waals surface area contributed by atoms with E-state index in [1.165, 1.54) is 0 Å². The van der Waals surface area contributed by atoms with E-state index in [9.17, 15) is 4.79 Å². The maximum atomic E-state index is 11.1. The Balaban J connectivity index is 2.53. The monoisotopic (exact) mass is 280 g/mol. The van der Waals surface area contributed by atoms with Crippen LogP contribution in [0.25, 0.3) is 6.08 Å². The minimum absolute atomic E-state index is 0.223. The van der Waals surface area contributed by atoms with Crippen LogP contribution in [0, 0.1) is 0 Å². The van der Waals surface area contributed by atoms with Crippen molar-refractivity contribution in [3.05, 3.63) is 52.5 Å². The third-order valence-electron chi connectivity index (χ3n) is 1.81. The van der Waals surface area contributed by atoms with E-state index >= 15 is 0 Å². The van der Waals surface area contributed by atoms with Crippen LogP contribution in [0.1, 0.15) is 12.5 Å². The van der Waals surface area contributed by atoms with E-state index in [0.29, 0.717) is 5.57 Å². The number of rotatable bonds is 4. The van der Waals surface area contributed by atoms with E-state index in [2.05, 4.69) is 22.5 Å². The molecule has 0 heterocycles. The number of hydrogen-bond donors (Lipinski definition) is 0. The molecule has 0 aliphatic heterocycles. The molecule has 1 aromatic carbocycles. The Labute approximate surface area is 104 Å². The van der Waals surface area contributed by atoms with Gasteiger partial charge >= 0.3 is 5.97 Å². The molecule has 0 aromatic heterocycles. The van der Waals surface area contributed by atoms with E-state index < -0.39 is 0 Å². The summed E-state index contributed by atoms with van der Waals surface area (Å²) in [6, 6.07) is 9.80. The van der Waals surface area contributed by atoms with Gasteiger partial charge in [-0.25, -0.2) is 4.79 Å². The molecule has 1 rings (SSSR count). The minimum Gasteiger partial charge on any atom is -0.457 e. The van der Waals surface area contributed by atoms with Crippen molar-refractivity contribution in [2.45, 2.75) is 6.92 Å². The number of esters is 1. The van der Waals surface area contributed by atoms with E-state index in [1.54, 1.807) is 6.92 Å². The molecular formula is C13H13BrO2. The van der Waals surface area contributed by atoms with Crippen LogP contribution >= 0.6 is 15.9 Å². The molecular weight excluding hydrogens is 268 g/mol. The lowest BCUT2D eigenvalue weighted by molar-refractivity contribution is -0.137. The van der Waals surface area contributed by atoms with Gasteiger partial charge in [-0.2, -0.15) is 0 Å². The van der Waals surface area contributed by atoms with Gasteiger partial charge < -0.3 is 4.74 Å². The highest BCUT2D eigenvalue weighted by molar-refractivity contribution is 9.11. The summed E-state index contributed by atoms with van der Waals surface area (Å²) in [5, 5.41) is 0. The van der Waals surface area contributed by atoms with Gasteiger partial charge in [-0.05, 0) is 18.6 Å². The van der Waals surface area contributed by atoms with Crippen LogP contribution in [0.2, 0.25) is 0 Å². The quantitative estimate of drug-likeness (QED) is 0.623. The number of halogens is 1. The van der Waals surface area contributed by atoms with Crippen molar-refractivity contribution in [2.75, 3.05) is 6.61 Å². The van der Waals surface area contributed by atoms with Crippen molar-refractivity contribution in [1.82, 2.24) is 0 Å². The Bertz CT molecular complexity index is 407. The second kappa shape index (κ2) is 6.28. The third-order valence-corrected chi connectivity index (χ3v) is 2.27. The van der Waals surface area contributed by atoms with Crippen molar-refractivity contribution in [2.24, 2.45) is 0 Å². The Kier molecular flexibility index (Phi) is 4.99. The lowest BCUT2D eigenvalue weighted by Crippen LogP contribution is -2.05. The molecule has 0 N–H and O–H groups in total. The smallest absolute Gasteiger partial charge is 0.333 e. The molecule has 0 spiro atoms. The molecule has 3 heteroatoms. The highest BCUT2D eigenvalue weighted by Crippen LogP contribution is 2.12. The summed E-state index contributed by atoms with van der Waals surface area (Å²) < 4.78 is 5.80. The Hall–Kier alpha value is -1.35. The normalized spacial score (nSPS) is 11.0. The minimum atomic E-state index is -0.376. The highest BCUT2D eigenvalue weighted by Gasteiger charge is 2.03. The largest absolute Gasteiger partial charge is 0.457 e. The van der Waals surface area contributed by atoms with Gasteiger partial charge in [0.25, 0.3) is 0 Å². The van der Waals surface area contributed by atoms with Crippen molar-refractivity contribution in [1.29, 1.82) is 0 Å². The molecule has 16 heavy (non-hydrogen) atoms. The highest BCUT2D eigenvalue weighted by atomic mass is 79.9. The van der Waals surface area contributed by atoms with Crippen LogP contribution in [0.15, 0.2) is 47.0 Å². The zero-order chi connectivity index (χ0) is 12.0. The maximum absolute atomic E-state index is 11.1. The van der Waals surface area contributed by atoms with Crippen molar-refractivity contribution >= 4 is 28.0 Å². The SMILES string of the molecule is C=C(C)C(=O)OC/C(Br)=C/c1ccccc1. The molecule has 0 radical (unpaired) electrons. The Morgan fingerprint density at radius 1 is 1.44 bits per heavy atom. The fourth-order valence-corrected chi connectivity index (χ4v) is 1.41. The summed E-state index contributed by atoms with van der Waals surface area (Å²) in [6.07, 6.45) is 1.91. The van der Waals surface area contributed by atoms with E-state index in [1.807, 2.05) is 36.4 Å². The molecule has 0 bridgehead atoms. The van der Waals surface area contributed by atoms with Crippen molar-refractivity contribution in [3.63, 3.8) is 0 Å². The first kappa shape index (κ1) is 12.7. The predicted octanol–water partition coefficient (Wildman–Crippen LogP) is 3.54. The van der Waals surface area contributed by atoms with Crippen LogP contribution < -0.4 is 0 Å².